The van der Waals surface area contributed by atoms with Gasteiger partial charge in [0.2, 0.25) is 5.91 Å². The number of benzene rings is 2. The number of ether oxygens (including phenoxy) is 1. The minimum absolute atomic E-state index is 0.0461. The van der Waals surface area contributed by atoms with Crippen LogP contribution in [0.2, 0.25) is 0 Å². The summed E-state index contributed by atoms with van der Waals surface area (Å²) in [5, 5.41) is 23.8. The van der Waals surface area contributed by atoms with Gasteiger partial charge in [0.05, 0.1) is 17.7 Å². The van der Waals surface area contributed by atoms with Crippen molar-refractivity contribution in [1.82, 2.24) is 10.2 Å². The highest BCUT2D eigenvalue weighted by Gasteiger charge is 2.49. The molecule has 1 saturated heterocycles. The van der Waals surface area contributed by atoms with Crippen molar-refractivity contribution in [1.29, 1.82) is 5.26 Å². The number of amides is 1. The second kappa shape index (κ2) is 7.51. The summed E-state index contributed by atoms with van der Waals surface area (Å²) in [4.78, 5) is 15.2. The van der Waals surface area contributed by atoms with Crippen molar-refractivity contribution in [3.8, 4) is 11.8 Å². The molecule has 0 aliphatic carbocycles. The molecule has 0 saturated carbocycles. The zero-order chi connectivity index (χ0) is 20.6. The summed E-state index contributed by atoms with van der Waals surface area (Å²) in [6.45, 7) is 5.42. The van der Waals surface area contributed by atoms with Crippen LogP contribution in [0.25, 0.3) is 0 Å². The van der Waals surface area contributed by atoms with E-state index < -0.39 is 23.7 Å². The molecule has 0 radical (unpaired) electrons. The van der Waals surface area contributed by atoms with Gasteiger partial charge in [-0.25, -0.2) is 0 Å². The molecule has 29 heavy (non-hydrogen) atoms. The van der Waals surface area contributed by atoms with Crippen molar-refractivity contribution in [2.24, 2.45) is 0 Å². The molecule has 3 atom stereocenters. The van der Waals surface area contributed by atoms with Crippen molar-refractivity contribution in [2.45, 2.75) is 44.1 Å². The van der Waals surface area contributed by atoms with E-state index in [9.17, 15) is 15.2 Å². The molecule has 0 bridgehead atoms. The molecule has 0 aromatic heterocycles. The van der Waals surface area contributed by atoms with Gasteiger partial charge in [-0.05, 0) is 37.6 Å². The van der Waals surface area contributed by atoms with Crippen LogP contribution in [0.4, 0.5) is 0 Å². The van der Waals surface area contributed by atoms with Crippen LogP contribution in [-0.4, -0.2) is 46.7 Å². The summed E-state index contributed by atoms with van der Waals surface area (Å²) in [5.74, 6) is 0.0577. The molecular formula is C23H25N3O3. The lowest BCUT2D eigenvalue weighted by Gasteiger charge is -2.46. The highest BCUT2D eigenvalue weighted by molar-refractivity contribution is 5.84. The summed E-state index contributed by atoms with van der Waals surface area (Å²) in [6.07, 6.45) is -0.901. The van der Waals surface area contributed by atoms with Gasteiger partial charge in [0.15, 0.2) is 0 Å². The average Bonchev–Trinajstić information content (AvgIpc) is 2.71. The van der Waals surface area contributed by atoms with Gasteiger partial charge in [-0.3, -0.25) is 4.79 Å². The molecule has 6 heteroatoms. The monoisotopic (exact) mass is 391 g/mol. The van der Waals surface area contributed by atoms with Gasteiger partial charge >= 0.3 is 0 Å². The average molecular weight is 391 g/mol. The first-order valence-corrected chi connectivity index (χ1v) is 9.88. The Labute approximate surface area is 170 Å². The van der Waals surface area contributed by atoms with E-state index in [1.165, 1.54) is 0 Å². The topological polar surface area (TPSA) is 85.6 Å². The number of nitriles is 1. The van der Waals surface area contributed by atoms with Crippen LogP contribution in [-0.2, 0) is 11.3 Å². The Morgan fingerprint density at radius 2 is 2.03 bits per heavy atom. The molecule has 1 amide bonds. The number of hydrogen-bond acceptors (Lipinski definition) is 5. The third-order valence-corrected chi connectivity index (χ3v) is 5.82. The summed E-state index contributed by atoms with van der Waals surface area (Å²) in [5.41, 5.74) is 1.40. The number of hydrogen-bond donors (Lipinski definition) is 2. The van der Waals surface area contributed by atoms with Crippen LogP contribution >= 0.6 is 0 Å². The number of carbonyl (C=O) groups is 1. The Balaban J connectivity index is 1.68. The van der Waals surface area contributed by atoms with Crippen molar-refractivity contribution in [2.75, 3.05) is 13.1 Å². The van der Waals surface area contributed by atoms with E-state index in [0.29, 0.717) is 36.5 Å². The van der Waals surface area contributed by atoms with Gasteiger partial charge in [0, 0.05) is 31.1 Å². The van der Waals surface area contributed by atoms with Crippen LogP contribution in [0.1, 0.15) is 36.5 Å². The van der Waals surface area contributed by atoms with Crippen molar-refractivity contribution in [3.05, 3.63) is 65.2 Å². The first-order chi connectivity index (χ1) is 13.9. The first-order valence-electron chi connectivity index (χ1n) is 9.88. The Kier molecular flexibility index (Phi) is 5.03. The molecule has 2 aromatic carbocycles. The molecular weight excluding hydrogens is 366 g/mol. The number of carbonyl (C=O) groups excluding carboxylic acids is 1. The molecule has 2 aliphatic rings. The predicted molar refractivity (Wildman–Crippen MR) is 108 cm³/mol. The normalized spacial score (nSPS) is 25.7. The van der Waals surface area contributed by atoms with Crippen molar-refractivity contribution >= 4 is 5.91 Å². The Morgan fingerprint density at radius 1 is 1.28 bits per heavy atom. The van der Waals surface area contributed by atoms with Crippen molar-refractivity contribution < 1.29 is 14.6 Å². The van der Waals surface area contributed by atoms with E-state index in [-0.39, 0.29) is 5.91 Å². The minimum atomic E-state index is -0.901. The van der Waals surface area contributed by atoms with E-state index in [0.717, 1.165) is 5.56 Å². The molecule has 150 valence electrons. The van der Waals surface area contributed by atoms with Crippen LogP contribution in [0, 0.1) is 11.3 Å². The smallest absolute Gasteiger partial charge is 0.240 e. The molecule has 2 heterocycles. The molecule has 0 spiro atoms. The molecule has 6 nitrogen and oxygen atoms in total. The SMILES string of the molecule is CC1(C)Oc2ccc(C#N)cc2[C@H](C2NCCN(Cc3ccccc3)C2=O)[C@H]1O. The Hall–Kier alpha value is -2.88. The third-order valence-electron chi connectivity index (χ3n) is 5.82. The Bertz CT molecular complexity index is 952. The largest absolute Gasteiger partial charge is 0.485 e. The maximum absolute atomic E-state index is 13.4. The first kappa shape index (κ1) is 19.4. The second-order valence-corrected chi connectivity index (χ2v) is 8.22. The molecule has 4 rings (SSSR count). The lowest BCUT2D eigenvalue weighted by molar-refractivity contribution is -0.140. The number of fused-ring (bicyclic) bond motifs is 1. The zero-order valence-corrected chi connectivity index (χ0v) is 16.6. The van der Waals surface area contributed by atoms with Gasteiger partial charge in [-0.1, -0.05) is 30.3 Å². The lowest BCUT2D eigenvalue weighted by Crippen LogP contribution is -2.62. The quantitative estimate of drug-likeness (QED) is 0.838. The predicted octanol–water partition coefficient (Wildman–Crippen LogP) is 2.17. The summed E-state index contributed by atoms with van der Waals surface area (Å²) >= 11 is 0. The van der Waals surface area contributed by atoms with E-state index in [1.807, 2.05) is 49.1 Å². The summed E-state index contributed by atoms with van der Waals surface area (Å²) < 4.78 is 6.00. The molecule has 2 N–H and O–H groups in total. The second-order valence-electron chi connectivity index (χ2n) is 8.22. The summed E-state index contributed by atoms with van der Waals surface area (Å²) in [6, 6.07) is 16.6. The maximum atomic E-state index is 13.4. The number of nitrogens with one attached hydrogen (secondary N) is 1. The maximum Gasteiger partial charge on any atom is 0.240 e. The molecule has 2 aromatic rings. The molecule has 1 unspecified atom stereocenters. The fourth-order valence-electron chi connectivity index (χ4n) is 4.27. The van der Waals surface area contributed by atoms with Gasteiger partial charge in [-0.2, -0.15) is 5.26 Å². The highest BCUT2D eigenvalue weighted by atomic mass is 16.5. The number of aliphatic hydroxyl groups excluding tert-OH is 1. The number of aliphatic hydroxyl groups is 1. The Morgan fingerprint density at radius 3 is 2.76 bits per heavy atom. The zero-order valence-electron chi connectivity index (χ0n) is 16.6. The van der Waals surface area contributed by atoms with Crippen LogP contribution in [0.5, 0.6) is 5.75 Å². The third kappa shape index (κ3) is 3.59. The van der Waals surface area contributed by atoms with Crippen LogP contribution in [0.15, 0.2) is 48.5 Å². The van der Waals surface area contributed by atoms with Gasteiger partial charge in [0.1, 0.15) is 17.5 Å². The van der Waals surface area contributed by atoms with E-state index in [2.05, 4.69) is 11.4 Å². The van der Waals surface area contributed by atoms with Gasteiger partial charge in [0.25, 0.3) is 0 Å². The standard InChI is InChI=1S/C23H25N3O3/c1-23(2)21(27)19(17-12-16(13-24)8-9-18(17)29-23)20-22(28)26(11-10-25-20)14-15-6-4-3-5-7-15/h3-9,12,19-21,25,27H,10-11,14H2,1-2H3/t19-,20?,21-/m1/s1. The number of rotatable bonds is 3. The number of piperazine rings is 1. The summed E-state index contributed by atoms with van der Waals surface area (Å²) in [7, 11) is 0. The fourth-order valence-corrected chi connectivity index (χ4v) is 4.27. The number of nitrogens with zero attached hydrogens (tertiary/aromatic N) is 2. The van der Waals surface area contributed by atoms with E-state index in [1.54, 1.807) is 18.2 Å². The minimum Gasteiger partial charge on any atom is -0.485 e. The van der Waals surface area contributed by atoms with Crippen LogP contribution in [0.3, 0.4) is 0 Å². The van der Waals surface area contributed by atoms with Crippen LogP contribution < -0.4 is 10.1 Å². The molecule has 2 aliphatic heterocycles. The lowest BCUT2D eigenvalue weighted by atomic mass is 9.76. The highest BCUT2D eigenvalue weighted by Crippen LogP contribution is 2.43. The van der Waals surface area contributed by atoms with Crippen molar-refractivity contribution in [3.63, 3.8) is 0 Å². The van der Waals surface area contributed by atoms with E-state index in [4.69, 9.17) is 4.74 Å². The fraction of sp³-hybridized carbons (Fsp3) is 0.391. The molecule has 1 fully saturated rings. The van der Waals surface area contributed by atoms with Gasteiger partial charge < -0.3 is 20.1 Å². The van der Waals surface area contributed by atoms with E-state index >= 15 is 0 Å². The van der Waals surface area contributed by atoms with Gasteiger partial charge in [-0.15, -0.1) is 0 Å².